The maximum absolute atomic E-state index is 15.3. The fourth-order valence-corrected chi connectivity index (χ4v) is 8.50. The highest BCUT2D eigenvalue weighted by Gasteiger charge is 2.57. The molecule has 36 heavy (non-hydrogen) atoms. The van der Waals surface area contributed by atoms with Crippen LogP contribution in [0.4, 0.5) is 14.5 Å². The Kier molecular flexibility index (Phi) is 5.83. The lowest BCUT2D eigenvalue weighted by atomic mass is 10.0. The quantitative estimate of drug-likeness (QED) is 0.491. The highest BCUT2D eigenvalue weighted by molar-refractivity contribution is 7.89. The first kappa shape index (κ1) is 23.5. The van der Waals surface area contributed by atoms with Gasteiger partial charge < -0.3 is 9.47 Å². The second-order valence-electron chi connectivity index (χ2n) is 10.2. The van der Waals surface area contributed by atoms with E-state index in [2.05, 4.69) is 10.2 Å². The third kappa shape index (κ3) is 3.91. The molecule has 0 amide bonds. The number of sulfonamides is 1. The number of hydrogen-bond donors (Lipinski definition) is 0. The van der Waals surface area contributed by atoms with E-state index in [-0.39, 0.29) is 23.8 Å². The molecule has 1 saturated carbocycles. The van der Waals surface area contributed by atoms with Crippen molar-refractivity contribution in [1.82, 2.24) is 19.1 Å². The fourth-order valence-electron chi connectivity index (χ4n) is 6.25. The molecule has 5 atom stereocenters. The van der Waals surface area contributed by atoms with Gasteiger partial charge >= 0.3 is 0 Å². The van der Waals surface area contributed by atoms with Gasteiger partial charge in [0, 0.05) is 55.2 Å². The number of piperidine rings is 1. The standard InChI is InChI=1S/C26H29F2N5O2S/c1-2-19-8-9-25(17-6-4-3-5-7-17)36(34,35)33(19)12-18-10-23(28)24(11-22(18)27)31-13-20-21(14-31)26(20)32-15-29-30-16-32/h3-7,10-11,15-16,19-21,25-26H,2,8-9,12-14H2,1H3/t19-,20-,21+,25-,26?/m0/s1. The molecule has 190 valence electrons. The van der Waals surface area contributed by atoms with Crippen LogP contribution in [0, 0.1) is 23.5 Å². The van der Waals surface area contributed by atoms with Gasteiger partial charge in [-0.15, -0.1) is 10.2 Å². The van der Waals surface area contributed by atoms with Gasteiger partial charge in [0.2, 0.25) is 10.0 Å². The molecule has 0 bridgehead atoms. The highest BCUT2D eigenvalue weighted by Crippen LogP contribution is 2.56. The lowest BCUT2D eigenvalue weighted by Crippen LogP contribution is -2.46. The maximum Gasteiger partial charge on any atom is 0.221 e. The van der Waals surface area contributed by atoms with Crippen LogP contribution in [0.25, 0.3) is 0 Å². The number of halogens is 2. The van der Waals surface area contributed by atoms with E-state index in [0.29, 0.717) is 50.2 Å². The number of hydrogen-bond acceptors (Lipinski definition) is 5. The van der Waals surface area contributed by atoms with Crippen molar-refractivity contribution in [2.45, 2.75) is 50.1 Å². The Balaban J connectivity index is 1.22. The van der Waals surface area contributed by atoms with Crippen molar-refractivity contribution in [3.63, 3.8) is 0 Å². The van der Waals surface area contributed by atoms with Crippen molar-refractivity contribution in [1.29, 1.82) is 0 Å². The van der Waals surface area contributed by atoms with E-state index in [1.165, 1.54) is 16.4 Å². The molecular weight excluding hydrogens is 484 g/mol. The molecule has 2 aliphatic heterocycles. The molecule has 1 aromatic heterocycles. The summed E-state index contributed by atoms with van der Waals surface area (Å²) >= 11 is 0. The summed E-state index contributed by atoms with van der Waals surface area (Å²) in [5.74, 6) is -0.367. The Labute approximate surface area is 209 Å². The Morgan fingerprint density at radius 3 is 2.33 bits per heavy atom. The van der Waals surface area contributed by atoms with Crippen LogP contribution in [-0.2, 0) is 16.6 Å². The van der Waals surface area contributed by atoms with Gasteiger partial charge in [0.1, 0.15) is 29.5 Å². The number of nitrogens with zero attached hydrogens (tertiary/aromatic N) is 5. The molecule has 3 heterocycles. The number of benzene rings is 2. The molecule has 6 rings (SSSR count). The van der Waals surface area contributed by atoms with Gasteiger partial charge in [-0.05, 0) is 30.9 Å². The summed E-state index contributed by atoms with van der Waals surface area (Å²) in [6.07, 6.45) is 5.21. The third-order valence-corrected chi connectivity index (χ3v) is 10.5. The SMILES string of the molecule is CC[C@H]1CC[C@@H](c2ccccc2)S(=O)(=O)N1Cc1cc(F)c(N2C[C@@H]3C(n4cnnc4)[C@@H]3C2)cc1F. The molecule has 3 aromatic rings. The van der Waals surface area contributed by atoms with Crippen LogP contribution >= 0.6 is 0 Å². The average Bonchev–Trinajstić information content (AvgIpc) is 3.24. The first-order chi connectivity index (χ1) is 17.4. The van der Waals surface area contributed by atoms with Crippen molar-refractivity contribution in [3.8, 4) is 0 Å². The minimum Gasteiger partial charge on any atom is -0.368 e. The highest BCUT2D eigenvalue weighted by atomic mass is 32.2. The van der Waals surface area contributed by atoms with Gasteiger partial charge in [0.25, 0.3) is 0 Å². The molecule has 2 saturated heterocycles. The van der Waals surface area contributed by atoms with Crippen molar-refractivity contribution >= 4 is 15.7 Å². The van der Waals surface area contributed by atoms with Crippen molar-refractivity contribution in [2.75, 3.05) is 18.0 Å². The number of rotatable bonds is 6. The van der Waals surface area contributed by atoms with Gasteiger partial charge in [0.05, 0.1) is 5.69 Å². The number of fused-ring (bicyclic) bond motifs is 1. The van der Waals surface area contributed by atoms with E-state index in [1.54, 1.807) is 12.7 Å². The van der Waals surface area contributed by atoms with Crippen molar-refractivity contribution in [3.05, 3.63) is 77.9 Å². The third-order valence-electron chi connectivity index (χ3n) is 8.21. The van der Waals surface area contributed by atoms with E-state index < -0.39 is 26.9 Å². The molecule has 1 unspecified atom stereocenters. The summed E-state index contributed by atoms with van der Waals surface area (Å²) in [4.78, 5) is 1.89. The summed E-state index contributed by atoms with van der Waals surface area (Å²) in [6.45, 7) is 3.04. The summed E-state index contributed by atoms with van der Waals surface area (Å²) in [7, 11) is -3.74. The minimum atomic E-state index is -3.74. The monoisotopic (exact) mass is 513 g/mol. The number of anilines is 1. The predicted molar refractivity (Wildman–Crippen MR) is 132 cm³/mol. The van der Waals surface area contributed by atoms with Crippen LogP contribution in [0.15, 0.2) is 55.1 Å². The van der Waals surface area contributed by atoms with Crippen LogP contribution in [0.2, 0.25) is 0 Å². The van der Waals surface area contributed by atoms with Gasteiger partial charge in [-0.25, -0.2) is 17.2 Å². The molecule has 0 radical (unpaired) electrons. The van der Waals surface area contributed by atoms with Crippen LogP contribution in [0.1, 0.15) is 48.6 Å². The van der Waals surface area contributed by atoms with Crippen LogP contribution in [0.3, 0.4) is 0 Å². The zero-order valence-corrected chi connectivity index (χ0v) is 20.9. The fraction of sp³-hybridized carbons (Fsp3) is 0.462. The summed E-state index contributed by atoms with van der Waals surface area (Å²) in [6, 6.07) is 11.6. The van der Waals surface area contributed by atoms with Gasteiger partial charge in [0.15, 0.2) is 0 Å². The van der Waals surface area contributed by atoms with Gasteiger partial charge in [-0.1, -0.05) is 37.3 Å². The van der Waals surface area contributed by atoms with Gasteiger partial charge in [-0.2, -0.15) is 4.31 Å². The summed E-state index contributed by atoms with van der Waals surface area (Å²) in [5.41, 5.74) is 1.04. The smallest absolute Gasteiger partial charge is 0.221 e. The first-order valence-electron chi connectivity index (χ1n) is 12.5. The predicted octanol–water partition coefficient (Wildman–Crippen LogP) is 4.31. The molecule has 2 aromatic carbocycles. The second-order valence-corrected chi connectivity index (χ2v) is 12.2. The van der Waals surface area contributed by atoms with Crippen LogP contribution in [-0.4, -0.2) is 46.6 Å². The Morgan fingerprint density at radius 2 is 1.67 bits per heavy atom. The van der Waals surface area contributed by atoms with E-state index in [1.807, 2.05) is 46.7 Å². The lowest BCUT2D eigenvalue weighted by molar-refractivity contribution is 0.256. The molecule has 10 heteroatoms. The molecular formula is C26H29F2N5O2S. The first-order valence-corrected chi connectivity index (χ1v) is 14.0. The van der Waals surface area contributed by atoms with E-state index >= 15 is 8.78 Å². The maximum atomic E-state index is 15.3. The number of aromatic nitrogens is 3. The molecule has 1 aliphatic carbocycles. The van der Waals surface area contributed by atoms with E-state index in [9.17, 15) is 8.42 Å². The Bertz CT molecular complexity index is 1340. The lowest BCUT2D eigenvalue weighted by Gasteiger charge is -2.39. The van der Waals surface area contributed by atoms with Crippen LogP contribution in [0.5, 0.6) is 0 Å². The minimum absolute atomic E-state index is 0.0682. The largest absolute Gasteiger partial charge is 0.368 e. The Morgan fingerprint density at radius 1 is 0.972 bits per heavy atom. The summed E-state index contributed by atoms with van der Waals surface area (Å²) < 4.78 is 61.2. The van der Waals surface area contributed by atoms with Gasteiger partial charge in [-0.3, -0.25) is 0 Å². The molecule has 3 aliphatic rings. The van der Waals surface area contributed by atoms with Crippen LogP contribution < -0.4 is 4.90 Å². The van der Waals surface area contributed by atoms with Crippen molar-refractivity contribution in [2.24, 2.45) is 11.8 Å². The zero-order chi connectivity index (χ0) is 25.0. The molecule has 7 nitrogen and oxygen atoms in total. The molecule has 0 N–H and O–H groups in total. The Hall–Kier alpha value is -2.85. The normalized spacial score (nSPS) is 29.3. The molecule has 0 spiro atoms. The average molecular weight is 514 g/mol. The van der Waals surface area contributed by atoms with E-state index in [0.717, 1.165) is 5.56 Å². The molecule has 3 fully saturated rings. The zero-order valence-electron chi connectivity index (χ0n) is 20.0. The topological polar surface area (TPSA) is 71.3 Å². The van der Waals surface area contributed by atoms with Crippen molar-refractivity contribution < 1.29 is 17.2 Å². The summed E-state index contributed by atoms with van der Waals surface area (Å²) in [5, 5.41) is 7.04. The second kappa shape index (κ2) is 8.92. The van der Waals surface area contributed by atoms with E-state index in [4.69, 9.17) is 0 Å².